The number of amides is 1. The number of sulfonamides is 1. The summed E-state index contributed by atoms with van der Waals surface area (Å²) in [5.74, 6) is 1.46. The highest BCUT2D eigenvalue weighted by molar-refractivity contribution is 9.10. The maximum absolute atomic E-state index is 12.6. The molecule has 1 saturated heterocycles. The first-order valence-electron chi connectivity index (χ1n) is 8.97. The molecule has 28 heavy (non-hydrogen) atoms. The van der Waals surface area contributed by atoms with Gasteiger partial charge in [-0.2, -0.15) is 4.31 Å². The molecule has 0 spiro atoms. The van der Waals surface area contributed by atoms with Crippen molar-refractivity contribution in [2.24, 2.45) is 0 Å². The quantitative estimate of drug-likeness (QED) is 0.692. The van der Waals surface area contributed by atoms with Gasteiger partial charge in [-0.3, -0.25) is 4.79 Å². The lowest BCUT2D eigenvalue weighted by Crippen LogP contribution is -2.50. The van der Waals surface area contributed by atoms with Crippen molar-refractivity contribution >= 4 is 37.7 Å². The van der Waals surface area contributed by atoms with Gasteiger partial charge in [0, 0.05) is 38.9 Å². The standard InChI is InChI=1S/C18H23BrN4O4S/c1-13-16(17(19)14(2)27-13)18(24)21-7-12-28(25,26)23-10-8-22(9-11-23)15-5-3-4-6-20-15/h3-6H,7-12H2,1-2H3,(H,21,24). The van der Waals surface area contributed by atoms with Crippen molar-refractivity contribution in [1.29, 1.82) is 0 Å². The molecule has 0 aromatic carbocycles. The van der Waals surface area contributed by atoms with Crippen molar-refractivity contribution in [1.82, 2.24) is 14.6 Å². The van der Waals surface area contributed by atoms with Crippen molar-refractivity contribution in [3.8, 4) is 0 Å². The number of piperazine rings is 1. The van der Waals surface area contributed by atoms with Crippen LogP contribution < -0.4 is 10.2 Å². The molecule has 1 amide bonds. The number of halogens is 1. The molecule has 0 saturated carbocycles. The zero-order chi connectivity index (χ0) is 20.3. The van der Waals surface area contributed by atoms with Crippen molar-refractivity contribution in [2.45, 2.75) is 13.8 Å². The van der Waals surface area contributed by atoms with Crippen LogP contribution in [0, 0.1) is 13.8 Å². The number of aromatic nitrogens is 1. The SMILES string of the molecule is Cc1oc(C)c(C(=O)NCCS(=O)(=O)N2CCN(c3ccccn3)CC2)c1Br. The van der Waals surface area contributed by atoms with E-state index in [4.69, 9.17) is 4.42 Å². The molecular weight excluding hydrogens is 448 g/mol. The van der Waals surface area contributed by atoms with Gasteiger partial charge in [0.25, 0.3) is 5.91 Å². The number of carbonyl (C=O) groups is 1. The van der Waals surface area contributed by atoms with Gasteiger partial charge in [0.15, 0.2) is 0 Å². The Hall–Kier alpha value is -1.91. The molecule has 8 nitrogen and oxygen atoms in total. The molecule has 2 aromatic rings. The Balaban J connectivity index is 1.51. The monoisotopic (exact) mass is 470 g/mol. The van der Waals surface area contributed by atoms with Gasteiger partial charge >= 0.3 is 0 Å². The lowest BCUT2D eigenvalue weighted by molar-refractivity contribution is 0.0954. The van der Waals surface area contributed by atoms with Crippen LogP contribution in [0.2, 0.25) is 0 Å². The maximum atomic E-state index is 12.6. The summed E-state index contributed by atoms with van der Waals surface area (Å²) < 4.78 is 32.7. The molecule has 152 valence electrons. The second-order valence-electron chi connectivity index (χ2n) is 6.55. The first-order chi connectivity index (χ1) is 13.3. The summed E-state index contributed by atoms with van der Waals surface area (Å²) in [7, 11) is -3.45. The molecular formula is C18H23BrN4O4S. The summed E-state index contributed by atoms with van der Waals surface area (Å²) in [6.45, 7) is 5.47. The molecule has 10 heteroatoms. The van der Waals surface area contributed by atoms with E-state index in [0.29, 0.717) is 47.7 Å². The molecule has 0 unspecified atom stereocenters. The lowest BCUT2D eigenvalue weighted by Gasteiger charge is -2.34. The third-order valence-electron chi connectivity index (χ3n) is 4.66. The average molecular weight is 471 g/mol. The summed E-state index contributed by atoms with van der Waals surface area (Å²) in [5.41, 5.74) is 0.402. The third kappa shape index (κ3) is 4.56. The van der Waals surface area contributed by atoms with Crippen molar-refractivity contribution in [3.05, 3.63) is 46.0 Å². The third-order valence-corrected chi connectivity index (χ3v) is 7.49. The second kappa shape index (κ2) is 8.62. The number of hydrogen-bond donors (Lipinski definition) is 1. The Morgan fingerprint density at radius 3 is 2.50 bits per heavy atom. The zero-order valence-corrected chi connectivity index (χ0v) is 18.2. The van der Waals surface area contributed by atoms with Gasteiger partial charge in [-0.25, -0.2) is 13.4 Å². The number of nitrogens with zero attached hydrogens (tertiary/aromatic N) is 3. The number of pyridine rings is 1. The lowest BCUT2D eigenvalue weighted by atomic mass is 10.2. The summed E-state index contributed by atoms with van der Waals surface area (Å²) in [6.07, 6.45) is 1.72. The highest BCUT2D eigenvalue weighted by atomic mass is 79.9. The molecule has 0 aliphatic carbocycles. The Labute approximate surface area is 173 Å². The highest BCUT2D eigenvalue weighted by Crippen LogP contribution is 2.27. The van der Waals surface area contributed by atoms with E-state index in [0.717, 1.165) is 5.82 Å². The second-order valence-corrected chi connectivity index (χ2v) is 9.43. The van der Waals surface area contributed by atoms with E-state index >= 15 is 0 Å². The summed E-state index contributed by atoms with van der Waals surface area (Å²) in [6, 6.07) is 5.68. The minimum absolute atomic E-state index is 0.0394. The predicted octanol–water partition coefficient (Wildman–Crippen LogP) is 1.94. The van der Waals surface area contributed by atoms with Crippen LogP contribution in [0.15, 0.2) is 33.3 Å². The van der Waals surface area contributed by atoms with E-state index in [1.807, 2.05) is 18.2 Å². The molecule has 1 aliphatic rings. The summed E-state index contributed by atoms with van der Waals surface area (Å²) >= 11 is 3.33. The van der Waals surface area contributed by atoms with Gasteiger partial charge in [0.05, 0.1) is 15.8 Å². The van der Waals surface area contributed by atoms with E-state index in [1.165, 1.54) is 4.31 Å². The van der Waals surface area contributed by atoms with Crippen molar-refractivity contribution < 1.29 is 17.6 Å². The van der Waals surface area contributed by atoms with Crippen LogP contribution in [0.1, 0.15) is 21.9 Å². The number of carbonyl (C=O) groups excluding carboxylic acids is 1. The van der Waals surface area contributed by atoms with Gasteiger partial charge in [-0.15, -0.1) is 0 Å². The molecule has 3 rings (SSSR count). The fourth-order valence-corrected chi connectivity index (χ4v) is 5.04. The molecule has 1 aliphatic heterocycles. The molecule has 0 bridgehead atoms. The molecule has 1 fully saturated rings. The van der Waals surface area contributed by atoms with Gasteiger partial charge in [-0.05, 0) is 41.9 Å². The van der Waals surface area contributed by atoms with E-state index in [-0.39, 0.29) is 18.2 Å². The fourth-order valence-electron chi connectivity index (χ4n) is 3.16. The normalized spacial score (nSPS) is 15.6. The van der Waals surface area contributed by atoms with Crippen LogP contribution in [0.4, 0.5) is 5.82 Å². The van der Waals surface area contributed by atoms with Crippen LogP contribution in [0.25, 0.3) is 0 Å². The Morgan fingerprint density at radius 1 is 1.21 bits per heavy atom. The Bertz CT molecular complexity index is 938. The van der Waals surface area contributed by atoms with E-state index < -0.39 is 10.0 Å². The molecule has 2 aromatic heterocycles. The van der Waals surface area contributed by atoms with E-state index in [9.17, 15) is 13.2 Å². The van der Waals surface area contributed by atoms with Gasteiger partial charge in [-0.1, -0.05) is 6.07 Å². The summed E-state index contributed by atoms with van der Waals surface area (Å²) in [5, 5.41) is 2.67. The maximum Gasteiger partial charge on any atom is 0.256 e. The van der Waals surface area contributed by atoms with E-state index in [1.54, 1.807) is 20.0 Å². The van der Waals surface area contributed by atoms with Gasteiger partial charge in [0.1, 0.15) is 17.3 Å². The smallest absolute Gasteiger partial charge is 0.256 e. The first-order valence-corrected chi connectivity index (χ1v) is 11.4. The topological polar surface area (TPSA) is 95.7 Å². The van der Waals surface area contributed by atoms with Crippen LogP contribution in [0.3, 0.4) is 0 Å². The van der Waals surface area contributed by atoms with Crippen LogP contribution >= 0.6 is 15.9 Å². The average Bonchev–Trinajstić information content (AvgIpc) is 2.94. The molecule has 0 atom stereocenters. The van der Waals surface area contributed by atoms with Crippen LogP contribution in [-0.2, 0) is 10.0 Å². The highest BCUT2D eigenvalue weighted by Gasteiger charge is 2.27. The number of rotatable bonds is 6. The number of aryl methyl sites for hydroxylation is 2. The predicted molar refractivity (Wildman–Crippen MR) is 110 cm³/mol. The number of nitrogens with one attached hydrogen (secondary N) is 1. The Kier molecular flexibility index (Phi) is 6.41. The largest absolute Gasteiger partial charge is 0.465 e. The zero-order valence-electron chi connectivity index (χ0n) is 15.8. The minimum Gasteiger partial charge on any atom is -0.465 e. The van der Waals surface area contributed by atoms with Crippen LogP contribution in [0.5, 0.6) is 0 Å². The molecule has 1 N–H and O–H groups in total. The fraction of sp³-hybridized carbons (Fsp3) is 0.444. The summed E-state index contributed by atoms with van der Waals surface area (Å²) in [4.78, 5) is 18.7. The minimum atomic E-state index is -3.45. The number of hydrogen-bond acceptors (Lipinski definition) is 6. The van der Waals surface area contributed by atoms with Crippen LogP contribution in [-0.4, -0.2) is 62.1 Å². The number of furan rings is 1. The number of anilines is 1. The van der Waals surface area contributed by atoms with Crippen molar-refractivity contribution in [2.75, 3.05) is 43.4 Å². The molecule has 0 radical (unpaired) electrons. The molecule has 3 heterocycles. The van der Waals surface area contributed by atoms with Gasteiger partial charge in [0.2, 0.25) is 10.0 Å². The first kappa shape index (κ1) is 20.8. The van der Waals surface area contributed by atoms with Gasteiger partial charge < -0.3 is 14.6 Å². The van der Waals surface area contributed by atoms with Crippen molar-refractivity contribution in [3.63, 3.8) is 0 Å². The van der Waals surface area contributed by atoms with E-state index in [2.05, 4.69) is 31.1 Å². The Morgan fingerprint density at radius 2 is 1.93 bits per heavy atom.